The number of carbonyl (C=O) groups is 2. The first kappa shape index (κ1) is 26.6. The summed E-state index contributed by atoms with van der Waals surface area (Å²) in [6.07, 6.45) is 10.6. The molecule has 2 amide bonds. The van der Waals surface area contributed by atoms with Crippen LogP contribution in [0.15, 0.2) is 28.4 Å². The molecule has 3 N–H and O–H groups in total. The summed E-state index contributed by atoms with van der Waals surface area (Å²) in [4.78, 5) is 29.1. The molecule has 1 saturated heterocycles. The Bertz CT molecular complexity index is 1120. The molecular formula is C27H38BrN5O4. The highest BCUT2D eigenvalue weighted by Crippen LogP contribution is 2.43. The first-order chi connectivity index (χ1) is 17.5. The van der Waals surface area contributed by atoms with Crippen LogP contribution in [0.2, 0.25) is 0 Å². The van der Waals surface area contributed by atoms with Crippen LogP contribution in [0.25, 0.3) is 0 Å². The Morgan fingerprint density at radius 3 is 2.68 bits per heavy atom. The third-order valence-corrected chi connectivity index (χ3v) is 8.94. The lowest BCUT2D eigenvalue weighted by molar-refractivity contribution is -0.145. The van der Waals surface area contributed by atoms with E-state index in [0.29, 0.717) is 24.7 Å². The number of hydrogen-bond donors (Lipinski definition) is 3. The van der Waals surface area contributed by atoms with Gasteiger partial charge in [-0.3, -0.25) is 9.59 Å². The quantitative estimate of drug-likeness (QED) is 0.479. The second kappa shape index (κ2) is 9.93. The lowest BCUT2D eigenvalue weighted by Crippen LogP contribution is -2.59. The number of aliphatic hydroxyl groups excluding tert-OH is 2. The number of carbonyl (C=O) groups excluding carboxylic acids is 2. The van der Waals surface area contributed by atoms with Crippen molar-refractivity contribution < 1.29 is 19.8 Å². The number of hydrogen-bond acceptors (Lipinski definition) is 6. The molecule has 0 radical (unpaired) electrons. The van der Waals surface area contributed by atoms with E-state index >= 15 is 0 Å². The van der Waals surface area contributed by atoms with Crippen molar-refractivity contribution in [2.45, 2.75) is 95.4 Å². The van der Waals surface area contributed by atoms with Crippen LogP contribution >= 0.6 is 15.9 Å². The molecule has 5 rings (SSSR count). The zero-order valence-electron chi connectivity index (χ0n) is 21.9. The monoisotopic (exact) mass is 575 g/mol. The molecule has 3 fully saturated rings. The summed E-state index contributed by atoms with van der Waals surface area (Å²) in [7, 11) is 0. The fraction of sp³-hybridized carbons (Fsp3) is 0.704. The second-order valence-corrected chi connectivity index (χ2v) is 13.5. The van der Waals surface area contributed by atoms with Gasteiger partial charge >= 0.3 is 0 Å². The van der Waals surface area contributed by atoms with Crippen LogP contribution in [0.5, 0.6) is 0 Å². The Morgan fingerprint density at radius 1 is 1.24 bits per heavy atom. The van der Waals surface area contributed by atoms with E-state index in [0.717, 1.165) is 31.4 Å². The van der Waals surface area contributed by atoms with Crippen molar-refractivity contribution in [2.75, 3.05) is 13.2 Å². The molecule has 202 valence electrons. The molecule has 0 spiro atoms. The van der Waals surface area contributed by atoms with E-state index in [4.69, 9.17) is 0 Å². The zero-order chi connectivity index (χ0) is 26.5. The van der Waals surface area contributed by atoms with Crippen molar-refractivity contribution in [3.63, 3.8) is 0 Å². The van der Waals surface area contributed by atoms with Crippen molar-refractivity contribution in [1.82, 2.24) is 25.2 Å². The van der Waals surface area contributed by atoms with Crippen molar-refractivity contribution in [3.8, 4) is 0 Å². The van der Waals surface area contributed by atoms with Gasteiger partial charge in [0.1, 0.15) is 12.1 Å². The van der Waals surface area contributed by atoms with Gasteiger partial charge in [-0.05, 0) is 54.3 Å². The number of fused-ring (bicyclic) bond motifs is 1. The average Bonchev–Trinajstić information content (AvgIpc) is 3.45. The Kier molecular flexibility index (Phi) is 7.13. The van der Waals surface area contributed by atoms with Crippen molar-refractivity contribution >= 4 is 27.7 Å². The molecular weight excluding hydrogens is 538 g/mol. The minimum Gasteiger partial charge on any atom is -0.394 e. The van der Waals surface area contributed by atoms with Crippen LogP contribution in [0.4, 0.5) is 0 Å². The Labute approximate surface area is 226 Å². The minimum absolute atomic E-state index is 0.0891. The fourth-order valence-corrected chi connectivity index (χ4v) is 6.66. The topological polar surface area (TPSA) is 121 Å². The maximum Gasteiger partial charge on any atom is 0.248 e. The van der Waals surface area contributed by atoms with E-state index in [2.05, 4.69) is 37.6 Å². The van der Waals surface area contributed by atoms with Crippen molar-refractivity contribution in [1.29, 1.82) is 0 Å². The van der Waals surface area contributed by atoms with E-state index in [9.17, 15) is 19.8 Å². The van der Waals surface area contributed by atoms with E-state index in [1.165, 1.54) is 15.0 Å². The normalized spacial score (nSPS) is 30.9. The highest BCUT2D eigenvalue weighted by molar-refractivity contribution is 9.11. The number of β-amino-alcohol motifs (C(OH)–C–C–N with tert-alkyl or cyclic N) is 1. The van der Waals surface area contributed by atoms with Crippen LogP contribution in [0.3, 0.4) is 0 Å². The first-order valence-corrected chi connectivity index (χ1v) is 14.2. The van der Waals surface area contributed by atoms with Gasteiger partial charge in [0.05, 0.1) is 23.9 Å². The molecule has 5 atom stereocenters. The van der Waals surface area contributed by atoms with Crippen LogP contribution < -0.4 is 5.32 Å². The zero-order valence-corrected chi connectivity index (χ0v) is 23.4. The molecule has 0 bridgehead atoms. The smallest absolute Gasteiger partial charge is 0.248 e. The lowest BCUT2D eigenvalue weighted by Gasteiger charge is -2.43. The fourth-order valence-electron chi connectivity index (χ4n) is 6.14. The predicted octanol–water partition coefficient (Wildman–Crippen LogP) is 2.96. The van der Waals surface area contributed by atoms with Gasteiger partial charge in [-0.25, -0.2) is 4.68 Å². The maximum atomic E-state index is 14.0. The Balaban J connectivity index is 1.35. The van der Waals surface area contributed by atoms with Crippen LogP contribution in [0, 0.1) is 11.3 Å². The molecule has 1 aromatic heterocycles. The van der Waals surface area contributed by atoms with Gasteiger partial charge in [-0.1, -0.05) is 59.6 Å². The summed E-state index contributed by atoms with van der Waals surface area (Å²) in [6.45, 7) is 5.83. The van der Waals surface area contributed by atoms with E-state index in [1.807, 2.05) is 33.0 Å². The molecule has 4 aliphatic rings. The number of likely N-dealkylation sites (tertiary alicyclic amines) is 1. The standard InChI is InChI=1S/C27H38BrN5O4/c1-26(2,3)23(33-14-21(30-31-33)16-4-5-16)25(37)32-13-20(35)11-22(32)24(36)29-27(15-34)9-8-17-10-19(28)7-6-18(17)12-27/h6-7,14,16-17,20,22-23,34-35H,4-5,8-13,15H2,1-3H3,(H,29,36)/t17?,20-,22+,23-,27?/m1/s1. The van der Waals surface area contributed by atoms with Gasteiger partial charge in [-0.15, -0.1) is 5.10 Å². The van der Waals surface area contributed by atoms with Gasteiger partial charge in [0.25, 0.3) is 0 Å². The summed E-state index contributed by atoms with van der Waals surface area (Å²) in [5.74, 6) is 0.258. The van der Waals surface area contributed by atoms with E-state index in [-0.39, 0.29) is 31.4 Å². The summed E-state index contributed by atoms with van der Waals surface area (Å²) in [5.41, 5.74) is 0.874. The third-order valence-electron chi connectivity index (χ3n) is 8.36. The predicted molar refractivity (Wildman–Crippen MR) is 142 cm³/mol. The molecule has 2 heterocycles. The molecule has 10 heteroatoms. The van der Waals surface area contributed by atoms with Crippen LogP contribution in [-0.4, -0.2) is 72.8 Å². The molecule has 3 aliphatic carbocycles. The number of nitrogens with zero attached hydrogens (tertiary/aromatic N) is 4. The molecule has 9 nitrogen and oxygen atoms in total. The molecule has 0 aromatic carbocycles. The number of rotatable bonds is 6. The molecule has 1 aromatic rings. The second-order valence-electron chi connectivity index (χ2n) is 12.5. The molecule has 37 heavy (non-hydrogen) atoms. The Hall–Kier alpha value is -2.04. The average molecular weight is 577 g/mol. The summed E-state index contributed by atoms with van der Waals surface area (Å²) < 4.78 is 2.80. The van der Waals surface area contributed by atoms with Crippen LogP contribution in [-0.2, 0) is 9.59 Å². The number of aliphatic hydroxyl groups is 2. The lowest BCUT2D eigenvalue weighted by atomic mass is 9.71. The SMILES string of the molecule is CC(C)(C)[C@@H](C(=O)N1C[C@H](O)C[C@H]1C(=O)NC1(CO)CCC2CC(Br)=CC=C2C1)n1cc(C2CC2)nn1. The Morgan fingerprint density at radius 2 is 2.00 bits per heavy atom. The highest BCUT2D eigenvalue weighted by Gasteiger charge is 2.47. The maximum absolute atomic E-state index is 14.0. The van der Waals surface area contributed by atoms with E-state index < -0.39 is 29.1 Å². The molecule has 2 saturated carbocycles. The summed E-state index contributed by atoms with van der Waals surface area (Å²) >= 11 is 3.59. The largest absolute Gasteiger partial charge is 0.394 e. The summed E-state index contributed by atoms with van der Waals surface area (Å²) in [6, 6.07) is -1.47. The number of nitrogens with one attached hydrogen (secondary N) is 1. The van der Waals surface area contributed by atoms with Gasteiger partial charge < -0.3 is 20.4 Å². The highest BCUT2D eigenvalue weighted by atomic mass is 79.9. The van der Waals surface area contributed by atoms with E-state index in [1.54, 1.807) is 4.68 Å². The number of aromatic nitrogens is 3. The number of amides is 2. The summed E-state index contributed by atoms with van der Waals surface area (Å²) in [5, 5.41) is 32.6. The number of allylic oxidation sites excluding steroid dienone is 3. The van der Waals surface area contributed by atoms with Gasteiger partial charge in [0.15, 0.2) is 0 Å². The van der Waals surface area contributed by atoms with Gasteiger partial charge in [0.2, 0.25) is 11.8 Å². The minimum atomic E-state index is -0.811. The number of halogens is 1. The van der Waals surface area contributed by atoms with Crippen LogP contribution in [0.1, 0.15) is 83.4 Å². The first-order valence-electron chi connectivity index (χ1n) is 13.4. The van der Waals surface area contributed by atoms with Gasteiger partial charge in [-0.2, -0.15) is 0 Å². The van der Waals surface area contributed by atoms with Crippen molar-refractivity contribution in [2.24, 2.45) is 11.3 Å². The molecule has 2 unspecified atom stereocenters. The van der Waals surface area contributed by atoms with Crippen molar-refractivity contribution in [3.05, 3.63) is 34.1 Å². The van der Waals surface area contributed by atoms with Gasteiger partial charge in [0, 0.05) is 25.1 Å². The third kappa shape index (κ3) is 5.43. The molecule has 1 aliphatic heterocycles.